The average Bonchev–Trinajstić information content (AvgIpc) is 3.19. The van der Waals surface area contributed by atoms with Gasteiger partial charge in [0.2, 0.25) is 0 Å². The lowest BCUT2D eigenvalue weighted by atomic mass is 10.0. The van der Waals surface area contributed by atoms with Crippen LogP contribution in [0.4, 0.5) is 0 Å². The number of carbonyl (C=O) groups is 1. The number of nitrogens with zero attached hydrogens (tertiary/aromatic N) is 1. The number of carbonyl (C=O) groups excluding carboxylic acids is 1. The smallest absolute Gasteiger partial charge is 0.305 e. The van der Waals surface area contributed by atoms with Gasteiger partial charge in [0.15, 0.2) is 0 Å². The number of hydrogen-bond donors (Lipinski definition) is 1. The van der Waals surface area contributed by atoms with Gasteiger partial charge in [0.05, 0.1) is 27.7 Å². The van der Waals surface area contributed by atoms with Crippen molar-refractivity contribution in [2.45, 2.75) is 206 Å². The lowest BCUT2D eigenvalue weighted by Gasteiger charge is -2.27. The number of unbranched alkanes of at least 4 members (excludes halogenated alkanes) is 23. The highest BCUT2D eigenvalue weighted by atomic mass is 31.2. The number of ether oxygens (including phenoxy) is 1. The summed E-state index contributed by atoms with van der Waals surface area (Å²) >= 11 is 0. The van der Waals surface area contributed by atoms with Crippen molar-refractivity contribution in [2.75, 3.05) is 47.5 Å². The number of likely N-dealkylation sites (N-methyl/N-ethyl adjacent to an activating group) is 1. The number of phosphoric ester groups is 1. The zero-order valence-electron chi connectivity index (χ0n) is 38.7. The molecule has 0 aromatic carbocycles. The molecule has 0 heterocycles. The van der Waals surface area contributed by atoms with E-state index in [1.165, 1.54) is 135 Å². The van der Waals surface area contributed by atoms with E-state index in [0.29, 0.717) is 17.4 Å². The molecule has 0 aromatic rings. The summed E-state index contributed by atoms with van der Waals surface area (Å²) < 4.78 is 26.9. The van der Waals surface area contributed by atoms with Crippen LogP contribution in [-0.4, -0.2) is 69.2 Å². The van der Waals surface area contributed by atoms with E-state index in [2.05, 4.69) is 67.7 Å². The van der Waals surface area contributed by atoms with E-state index in [1.54, 1.807) is 0 Å². The second-order valence-corrected chi connectivity index (χ2v) is 18.7. The number of rotatable bonds is 44. The summed E-state index contributed by atoms with van der Waals surface area (Å²) in [4.78, 5) is 23.7. The summed E-state index contributed by atoms with van der Waals surface area (Å²) in [6.07, 6.45) is 58.5. The summed E-state index contributed by atoms with van der Waals surface area (Å²) in [6, 6.07) is 0. The maximum atomic E-state index is 12.0. The minimum Gasteiger partial charge on any atom is -0.756 e. The standard InChI is InChI=1S/C50H92NO7P/c1-5-6-7-8-9-10-11-12-13-14-15-16-17-18-19-20-21-22-23-24-25-26-27-28-29-30-31-32-33-34-35-36-37-38-39-40-41-42-43-44-50(53)56-47-49(52)48-58-59(54,55)57-46-45-51(2,3)4/h6-7,9-10,12-13,15-16,18-19,49,52H,5,8,11,14,17,20-48H2,1-4H3/b7-6-,10-9-,13-12-,16-15-,19-18-. The number of aliphatic hydroxyl groups is 1. The largest absolute Gasteiger partial charge is 0.756 e. The molecule has 0 amide bonds. The first-order valence-corrected chi connectivity index (χ1v) is 25.5. The molecule has 0 fully saturated rings. The van der Waals surface area contributed by atoms with Gasteiger partial charge in [-0.3, -0.25) is 9.36 Å². The normalized spacial score (nSPS) is 14.2. The first kappa shape index (κ1) is 57.2. The van der Waals surface area contributed by atoms with Crippen molar-refractivity contribution in [1.29, 1.82) is 0 Å². The van der Waals surface area contributed by atoms with E-state index in [9.17, 15) is 19.4 Å². The van der Waals surface area contributed by atoms with Crippen LogP contribution in [0.25, 0.3) is 0 Å². The minimum absolute atomic E-state index is 0.00780. The van der Waals surface area contributed by atoms with Gasteiger partial charge in [-0.2, -0.15) is 0 Å². The maximum Gasteiger partial charge on any atom is 0.305 e. The third-order valence-corrected chi connectivity index (χ3v) is 11.2. The van der Waals surface area contributed by atoms with E-state index in [0.717, 1.165) is 51.4 Å². The predicted molar refractivity (Wildman–Crippen MR) is 249 cm³/mol. The van der Waals surface area contributed by atoms with Crippen LogP contribution in [0, 0.1) is 0 Å². The number of quaternary nitrogens is 1. The van der Waals surface area contributed by atoms with Crippen molar-refractivity contribution in [1.82, 2.24) is 0 Å². The summed E-state index contributed by atoms with van der Waals surface area (Å²) in [7, 11) is 1.26. The van der Waals surface area contributed by atoms with Crippen LogP contribution >= 0.6 is 7.82 Å². The van der Waals surface area contributed by atoms with Gasteiger partial charge in [-0.25, -0.2) is 0 Å². The molecule has 8 nitrogen and oxygen atoms in total. The Morgan fingerprint density at radius 3 is 1.29 bits per heavy atom. The maximum absolute atomic E-state index is 12.0. The fourth-order valence-corrected chi connectivity index (χ4v) is 7.30. The molecule has 0 rings (SSSR count). The molecule has 2 atom stereocenters. The van der Waals surface area contributed by atoms with Crippen molar-refractivity contribution in [3.63, 3.8) is 0 Å². The third-order valence-electron chi connectivity index (χ3n) is 10.3. The number of aliphatic hydroxyl groups excluding tert-OH is 1. The van der Waals surface area contributed by atoms with Gasteiger partial charge < -0.3 is 28.3 Å². The summed E-state index contributed by atoms with van der Waals surface area (Å²) in [6.45, 7) is 1.85. The second-order valence-electron chi connectivity index (χ2n) is 17.3. The molecular weight excluding hydrogens is 758 g/mol. The fourth-order valence-electron chi connectivity index (χ4n) is 6.56. The molecule has 9 heteroatoms. The van der Waals surface area contributed by atoms with Crippen molar-refractivity contribution >= 4 is 13.8 Å². The van der Waals surface area contributed by atoms with E-state index >= 15 is 0 Å². The molecule has 0 bridgehead atoms. The molecule has 0 radical (unpaired) electrons. The fraction of sp³-hybridized carbons (Fsp3) is 0.780. The first-order chi connectivity index (χ1) is 28.6. The van der Waals surface area contributed by atoms with Gasteiger partial charge in [-0.05, 0) is 51.4 Å². The van der Waals surface area contributed by atoms with Gasteiger partial charge in [0.1, 0.15) is 25.9 Å². The molecule has 0 saturated heterocycles. The summed E-state index contributed by atoms with van der Waals surface area (Å²) in [5, 5.41) is 9.90. The van der Waals surface area contributed by atoms with Gasteiger partial charge in [0, 0.05) is 6.42 Å². The van der Waals surface area contributed by atoms with E-state index in [4.69, 9.17) is 13.8 Å². The Balaban J connectivity index is 3.35. The van der Waals surface area contributed by atoms with Crippen molar-refractivity contribution < 1.29 is 37.6 Å². The lowest BCUT2D eigenvalue weighted by molar-refractivity contribution is -0.870. The molecule has 0 aliphatic heterocycles. The van der Waals surface area contributed by atoms with Crippen LogP contribution in [0.1, 0.15) is 200 Å². The topological polar surface area (TPSA) is 105 Å². The molecule has 0 aliphatic rings. The van der Waals surface area contributed by atoms with Crippen LogP contribution in [0.15, 0.2) is 60.8 Å². The predicted octanol–water partition coefficient (Wildman–Crippen LogP) is 13.6. The van der Waals surface area contributed by atoms with E-state index in [1.807, 2.05) is 21.1 Å². The molecule has 0 aliphatic carbocycles. The quantitative estimate of drug-likeness (QED) is 0.0214. The Kier molecular flexibility index (Phi) is 41.6. The Morgan fingerprint density at radius 2 is 0.898 bits per heavy atom. The van der Waals surface area contributed by atoms with Crippen molar-refractivity contribution in [3.8, 4) is 0 Å². The Morgan fingerprint density at radius 1 is 0.542 bits per heavy atom. The van der Waals surface area contributed by atoms with Crippen LogP contribution < -0.4 is 4.89 Å². The minimum atomic E-state index is -4.50. The number of allylic oxidation sites excluding steroid dienone is 10. The Hall–Kier alpha value is -1.80. The molecule has 0 spiro atoms. The molecule has 0 aromatic heterocycles. The SMILES string of the molecule is CC/C=C\C/C=C\C/C=C\C/C=C\C/C=C\CCCCCCCCCCCCCCCCCCCCCCCCCC(=O)OCC(O)COP(=O)([O-])OCC[N+](C)(C)C. The number of phosphoric acid groups is 1. The van der Waals surface area contributed by atoms with Gasteiger partial charge >= 0.3 is 5.97 Å². The number of hydrogen-bond acceptors (Lipinski definition) is 7. The molecule has 59 heavy (non-hydrogen) atoms. The third kappa shape index (κ3) is 48.7. The number of esters is 1. The van der Waals surface area contributed by atoms with Crippen LogP contribution in [0.5, 0.6) is 0 Å². The van der Waals surface area contributed by atoms with E-state index in [-0.39, 0.29) is 19.2 Å². The average molecular weight is 850 g/mol. The highest BCUT2D eigenvalue weighted by Crippen LogP contribution is 2.38. The van der Waals surface area contributed by atoms with Crippen LogP contribution in [-0.2, 0) is 23.1 Å². The highest BCUT2D eigenvalue weighted by molar-refractivity contribution is 7.45. The van der Waals surface area contributed by atoms with Crippen LogP contribution in [0.2, 0.25) is 0 Å². The van der Waals surface area contributed by atoms with Gasteiger partial charge in [0.25, 0.3) is 7.82 Å². The summed E-state index contributed by atoms with van der Waals surface area (Å²) in [5.74, 6) is -0.384. The highest BCUT2D eigenvalue weighted by Gasteiger charge is 2.17. The molecular formula is C50H92NO7P. The molecule has 0 saturated carbocycles. The Bertz CT molecular complexity index is 1130. The van der Waals surface area contributed by atoms with E-state index < -0.39 is 20.5 Å². The molecule has 344 valence electrons. The molecule has 1 N–H and O–H groups in total. The lowest BCUT2D eigenvalue weighted by Crippen LogP contribution is -2.37. The Labute approximate surface area is 364 Å². The van der Waals surface area contributed by atoms with Gasteiger partial charge in [-0.1, -0.05) is 203 Å². The second kappa shape index (κ2) is 42.9. The molecule has 2 unspecified atom stereocenters. The zero-order chi connectivity index (χ0) is 43.4. The van der Waals surface area contributed by atoms with Crippen molar-refractivity contribution in [3.05, 3.63) is 60.8 Å². The zero-order valence-corrected chi connectivity index (χ0v) is 39.6. The first-order valence-electron chi connectivity index (χ1n) is 24.0. The van der Waals surface area contributed by atoms with Crippen molar-refractivity contribution in [2.24, 2.45) is 0 Å². The summed E-state index contributed by atoms with van der Waals surface area (Å²) in [5.41, 5.74) is 0. The van der Waals surface area contributed by atoms with Crippen LogP contribution in [0.3, 0.4) is 0 Å². The monoisotopic (exact) mass is 850 g/mol. The van der Waals surface area contributed by atoms with Gasteiger partial charge in [-0.15, -0.1) is 0 Å².